The summed E-state index contributed by atoms with van der Waals surface area (Å²) in [7, 11) is 0. The molecule has 1 aliphatic rings. The molecule has 0 bridgehead atoms. The van der Waals surface area contributed by atoms with E-state index in [2.05, 4.69) is 0 Å². The highest BCUT2D eigenvalue weighted by Crippen LogP contribution is 2.25. The first-order valence-corrected chi connectivity index (χ1v) is 4.63. The van der Waals surface area contributed by atoms with E-state index < -0.39 is 0 Å². The average Bonchev–Trinajstić information content (AvgIpc) is 2.07. The van der Waals surface area contributed by atoms with Crippen LogP contribution in [0, 0.1) is 0 Å². The maximum absolute atomic E-state index is 10.6. The molecule has 1 fully saturated rings. The Kier molecular flexibility index (Phi) is 3.47. The van der Waals surface area contributed by atoms with E-state index in [4.69, 9.17) is 9.47 Å². The topological polar surface area (TPSA) is 59.0 Å². The number of hydrogen-bond donors (Lipinski definition) is 1. The van der Waals surface area contributed by atoms with Crippen LogP contribution in [0.2, 0.25) is 0 Å². The lowest BCUT2D eigenvalue weighted by Crippen LogP contribution is -2.51. The van der Waals surface area contributed by atoms with Crippen molar-refractivity contribution in [3.05, 3.63) is 0 Å². The number of rotatable bonds is 2. The lowest BCUT2D eigenvalue weighted by molar-refractivity contribution is -0.269. The second kappa shape index (κ2) is 4.25. The predicted molar refractivity (Wildman–Crippen MR) is 48.7 cm³/mol. The number of carbonyl (C=O) groups is 1. The van der Waals surface area contributed by atoms with Crippen molar-refractivity contribution in [2.45, 2.75) is 38.8 Å². The van der Waals surface area contributed by atoms with Gasteiger partial charge in [-0.05, 0) is 20.3 Å². The third kappa shape index (κ3) is 2.94. The van der Waals surface area contributed by atoms with Crippen molar-refractivity contribution in [3.8, 4) is 0 Å². The molecule has 5 heteroatoms. The molecule has 0 aromatic heterocycles. The summed E-state index contributed by atoms with van der Waals surface area (Å²) in [5, 5.41) is 10.6. The monoisotopic (exact) mass is 203 g/mol. The molecule has 0 aliphatic carbocycles. The van der Waals surface area contributed by atoms with Gasteiger partial charge >= 0.3 is 5.97 Å². The zero-order valence-corrected chi connectivity index (χ0v) is 8.82. The predicted octanol–water partition coefficient (Wildman–Crippen LogP) is 0.766. The fraction of sp³-hybridized carbons (Fsp3) is 0.889. The summed E-state index contributed by atoms with van der Waals surface area (Å²) < 4.78 is 10.1. The first kappa shape index (κ1) is 11.4. The highest BCUT2D eigenvalue weighted by atomic mass is 16.6. The van der Waals surface area contributed by atoms with Crippen LogP contribution >= 0.6 is 0 Å². The number of ether oxygens (including phenoxy) is 2. The molecule has 0 amide bonds. The van der Waals surface area contributed by atoms with E-state index in [0.29, 0.717) is 6.42 Å². The zero-order chi connectivity index (χ0) is 10.8. The molecule has 0 aromatic rings. The van der Waals surface area contributed by atoms with E-state index in [9.17, 15) is 10.0 Å². The molecule has 0 radical (unpaired) electrons. The smallest absolute Gasteiger partial charge is 0.302 e. The molecule has 0 aromatic carbocycles. The van der Waals surface area contributed by atoms with Crippen LogP contribution in [-0.2, 0) is 14.3 Å². The van der Waals surface area contributed by atoms with Gasteiger partial charge < -0.3 is 14.7 Å². The minimum Gasteiger partial charge on any atom is -0.463 e. The van der Waals surface area contributed by atoms with Crippen molar-refractivity contribution >= 4 is 5.97 Å². The zero-order valence-electron chi connectivity index (χ0n) is 8.82. The van der Waals surface area contributed by atoms with Crippen LogP contribution in [-0.4, -0.2) is 41.2 Å². The Morgan fingerprint density at radius 3 is 2.86 bits per heavy atom. The number of hydroxylamine groups is 2. The fourth-order valence-electron chi connectivity index (χ4n) is 1.39. The molecule has 5 nitrogen and oxygen atoms in total. The Hall–Kier alpha value is -0.650. The van der Waals surface area contributed by atoms with Crippen molar-refractivity contribution in [1.29, 1.82) is 0 Å². The van der Waals surface area contributed by atoms with Gasteiger partial charge in [0.25, 0.3) is 0 Å². The van der Waals surface area contributed by atoms with Crippen molar-refractivity contribution in [3.63, 3.8) is 0 Å². The summed E-state index contributed by atoms with van der Waals surface area (Å²) in [6, 6.07) is 0. The second-order valence-corrected chi connectivity index (χ2v) is 4.14. The Balaban J connectivity index is 2.39. The fourth-order valence-corrected chi connectivity index (χ4v) is 1.39. The summed E-state index contributed by atoms with van der Waals surface area (Å²) in [4.78, 5) is 10.6. The lowest BCUT2D eigenvalue weighted by atomic mass is 9.95. The molecular formula is C9H17NO4. The van der Waals surface area contributed by atoms with Gasteiger partial charge in [-0.3, -0.25) is 4.79 Å². The molecule has 1 heterocycles. The molecule has 14 heavy (non-hydrogen) atoms. The largest absolute Gasteiger partial charge is 0.463 e. The van der Waals surface area contributed by atoms with Gasteiger partial charge in [0.2, 0.25) is 0 Å². The van der Waals surface area contributed by atoms with Crippen LogP contribution in [0.4, 0.5) is 0 Å². The molecular weight excluding hydrogens is 186 g/mol. The van der Waals surface area contributed by atoms with Gasteiger partial charge in [0.1, 0.15) is 13.3 Å². The summed E-state index contributed by atoms with van der Waals surface area (Å²) in [6.45, 7) is 5.60. The standard InChI is InChI=1S/C9H17NO4/c1-7(11)13-5-8-4-9(2,3)10(12)6-14-8/h8,12H,4-6H2,1-3H3. The van der Waals surface area contributed by atoms with Crippen molar-refractivity contribution in [1.82, 2.24) is 5.06 Å². The van der Waals surface area contributed by atoms with Gasteiger partial charge in [-0.2, -0.15) is 5.06 Å². The third-order valence-electron chi connectivity index (χ3n) is 2.33. The van der Waals surface area contributed by atoms with E-state index >= 15 is 0 Å². The van der Waals surface area contributed by atoms with Crippen molar-refractivity contribution < 1.29 is 19.5 Å². The van der Waals surface area contributed by atoms with Gasteiger partial charge in [-0.15, -0.1) is 0 Å². The minimum atomic E-state index is -0.330. The Morgan fingerprint density at radius 1 is 1.71 bits per heavy atom. The van der Waals surface area contributed by atoms with E-state index in [0.717, 1.165) is 5.06 Å². The van der Waals surface area contributed by atoms with Crippen LogP contribution in [0.15, 0.2) is 0 Å². The first-order valence-electron chi connectivity index (χ1n) is 4.63. The number of carbonyl (C=O) groups excluding carboxylic acids is 1. The van der Waals surface area contributed by atoms with Gasteiger partial charge in [-0.25, -0.2) is 0 Å². The van der Waals surface area contributed by atoms with Crippen LogP contribution in [0.25, 0.3) is 0 Å². The third-order valence-corrected chi connectivity index (χ3v) is 2.33. The van der Waals surface area contributed by atoms with E-state index in [-0.39, 0.29) is 30.9 Å². The van der Waals surface area contributed by atoms with Crippen LogP contribution in [0.3, 0.4) is 0 Å². The van der Waals surface area contributed by atoms with Crippen LogP contribution in [0.5, 0.6) is 0 Å². The summed E-state index contributed by atoms with van der Waals surface area (Å²) in [5.74, 6) is -0.308. The lowest BCUT2D eigenvalue weighted by Gasteiger charge is -2.41. The van der Waals surface area contributed by atoms with Crippen LogP contribution in [0.1, 0.15) is 27.2 Å². The first-order chi connectivity index (χ1) is 6.42. The van der Waals surface area contributed by atoms with Gasteiger partial charge in [-0.1, -0.05) is 0 Å². The van der Waals surface area contributed by atoms with Crippen molar-refractivity contribution in [2.75, 3.05) is 13.3 Å². The minimum absolute atomic E-state index is 0.128. The summed E-state index contributed by atoms with van der Waals surface area (Å²) in [5.41, 5.74) is -0.330. The molecule has 0 saturated carbocycles. The highest BCUT2D eigenvalue weighted by molar-refractivity contribution is 5.65. The molecule has 1 aliphatic heterocycles. The number of nitrogens with zero attached hydrogens (tertiary/aromatic N) is 1. The van der Waals surface area contributed by atoms with Gasteiger partial charge in [0.15, 0.2) is 0 Å². The number of esters is 1. The Morgan fingerprint density at radius 2 is 2.36 bits per heavy atom. The van der Waals surface area contributed by atoms with E-state index in [1.54, 1.807) is 0 Å². The highest BCUT2D eigenvalue weighted by Gasteiger charge is 2.35. The summed E-state index contributed by atoms with van der Waals surface area (Å²) in [6.07, 6.45) is 0.508. The molecule has 1 N–H and O–H groups in total. The molecule has 1 rings (SSSR count). The maximum Gasteiger partial charge on any atom is 0.302 e. The molecule has 1 unspecified atom stereocenters. The van der Waals surface area contributed by atoms with Gasteiger partial charge in [0.05, 0.1) is 6.10 Å². The average molecular weight is 203 g/mol. The molecule has 82 valence electrons. The second-order valence-electron chi connectivity index (χ2n) is 4.14. The van der Waals surface area contributed by atoms with Gasteiger partial charge in [0, 0.05) is 12.5 Å². The molecule has 1 saturated heterocycles. The quantitative estimate of drug-likeness (QED) is 0.671. The molecule has 0 spiro atoms. The van der Waals surface area contributed by atoms with Crippen molar-refractivity contribution in [2.24, 2.45) is 0 Å². The molecule has 1 atom stereocenters. The van der Waals surface area contributed by atoms with E-state index in [1.807, 2.05) is 13.8 Å². The normalized spacial score (nSPS) is 27.3. The maximum atomic E-state index is 10.6. The SMILES string of the molecule is CC(=O)OCC1CC(C)(C)N(O)CO1. The van der Waals surface area contributed by atoms with E-state index in [1.165, 1.54) is 6.92 Å². The van der Waals surface area contributed by atoms with Crippen LogP contribution < -0.4 is 0 Å². The Labute approximate surface area is 83.5 Å². The Bertz CT molecular complexity index is 217. The summed E-state index contributed by atoms with van der Waals surface area (Å²) >= 11 is 0. The number of hydrogen-bond acceptors (Lipinski definition) is 5.